The number of nitrogens with one attached hydrogen (secondary N) is 1. The third-order valence-corrected chi connectivity index (χ3v) is 4.69. The van der Waals surface area contributed by atoms with Crippen LogP contribution in [0.2, 0.25) is 5.02 Å². The molecular weight excluding hydrogens is 296 g/mol. The molecule has 2 aromatic rings. The van der Waals surface area contributed by atoms with Crippen molar-refractivity contribution in [3.63, 3.8) is 0 Å². The number of carbonyl (C=O) groups is 2. The fraction of sp³-hybridized carbons (Fsp3) is 0.286. The van der Waals surface area contributed by atoms with Gasteiger partial charge in [-0.1, -0.05) is 29.8 Å². The standard InChI is InChI=1S/C14H15ClN2O2S/c1-16-11(18)7-8-17(2)14(19)13-12(15)9-5-3-4-6-10(9)20-13/h3-6H,7-8H2,1-2H3,(H,16,18). The average molecular weight is 311 g/mol. The van der Waals surface area contributed by atoms with Gasteiger partial charge in [-0.05, 0) is 6.07 Å². The lowest BCUT2D eigenvalue weighted by atomic mass is 10.2. The van der Waals surface area contributed by atoms with Gasteiger partial charge in [0.1, 0.15) is 4.88 Å². The molecule has 6 heteroatoms. The molecule has 1 heterocycles. The molecule has 4 nitrogen and oxygen atoms in total. The Balaban J connectivity index is 2.18. The molecule has 0 aliphatic heterocycles. The maximum Gasteiger partial charge on any atom is 0.265 e. The summed E-state index contributed by atoms with van der Waals surface area (Å²) in [4.78, 5) is 25.6. The van der Waals surface area contributed by atoms with Crippen molar-refractivity contribution in [3.05, 3.63) is 34.2 Å². The van der Waals surface area contributed by atoms with Gasteiger partial charge in [-0.15, -0.1) is 11.3 Å². The second-order valence-electron chi connectivity index (χ2n) is 4.39. The summed E-state index contributed by atoms with van der Waals surface area (Å²) in [6.45, 7) is 0.364. The summed E-state index contributed by atoms with van der Waals surface area (Å²) in [5.41, 5.74) is 0. The first-order valence-electron chi connectivity index (χ1n) is 6.17. The van der Waals surface area contributed by atoms with Crippen molar-refractivity contribution < 1.29 is 9.59 Å². The Labute approximate surface area is 126 Å². The summed E-state index contributed by atoms with van der Waals surface area (Å²) < 4.78 is 0.987. The minimum Gasteiger partial charge on any atom is -0.359 e. The minimum absolute atomic E-state index is 0.0907. The molecule has 0 bridgehead atoms. The number of halogens is 1. The zero-order valence-corrected chi connectivity index (χ0v) is 12.8. The van der Waals surface area contributed by atoms with Gasteiger partial charge in [0.15, 0.2) is 0 Å². The summed E-state index contributed by atoms with van der Waals surface area (Å²) in [6, 6.07) is 7.64. The van der Waals surface area contributed by atoms with E-state index in [1.54, 1.807) is 14.1 Å². The minimum atomic E-state index is -0.153. The fourth-order valence-electron chi connectivity index (χ4n) is 1.82. The molecule has 0 fully saturated rings. The number of benzene rings is 1. The van der Waals surface area contributed by atoms with Crippen LogP contribution in [0.5, 0.6) is 0 Å². The molecule has 2 rings (SSSR count). The molecular formula is C14H15ClN2O2S. The number of hydrogen-bond acceptors (Lipinski definition) is 3. The van der Waals surface area contributed by atoms with Gasteiger partial charge in [0.05, 0.1) is 5.02 Å². The third kappa shape index (κ3) is 2.94. The van der Waals surface area contributed by atoms with Crippen LogP contribution in [0.1, 0.15) is 16.1 Å². The summed E-state index contributed by atoms with van der Waals surface area (Å²) >= 11 is 7.65. The summed E-state index contributed by atoms with van der Waals surface area (Å²) in [5, 5.41) is 3.91. The first-order valence-corrected chi connectivity index (χ1v) is 7.37. The van der Waals surface area contributed by atoms with Crippen LogP contribution in [-0.2, 0) is 4.79 Å². The lowest BCUT2D eigenvalue weighted by Crippen LogP contribution is -2.31. The molecule has 2 amide bonds. The van der Waals surface area contributed by atoms with Crippen molar-refractivity contribution in [2.45, 2.75) is 6.42 Å². The Hall–Kier alpha value is -1.59. The highest BCUT2D eigenvalue weighted by molar-refractivity contribution is 7.21. The monoisotopic (exact) mass is 310 g/mol. The molecule has 1 aromatic heterocycles. The molecule has 0 radical (unpaired) electrons. The molecule has 0 aliphatic rings. The van der Waals surface area contributed by atoms with E-state index >= 15 is 0 Å². The number of fused-ring (bicyclic) bond motifs is 1. The molecule has 106 valence electrons. The Kier molecular flexibility index (Phi) is 4.62. The van der Waals surface area contributed by atoms with Crippen LogP contribution in [0.25, 0.3) is 10.1 Å². The van der Waals surface area contributed by atoms with Gasteiger partial charge in [0, 0.05) is 37.1 Å². The average Bonchev–Trinajstić information content (AvgIpc) is 2.81. The molecule has 0 atom stereocenters. The second kappa shape index (κ2) is 6.24. The predicted molar refractivity (Wildman–Crippen MR) is 82.5 cm³/mol. The Bertz CT molecular complexity index is 654. The van der Waals surface area contributed by atoms with E-state index in [9.17, 15) is 9.59 Å². The van der Waals surface area contributed by atoms with Crippen LogP contribution < -0.4 is 5.32 Å². The number of rotatable bonds is 4. The molecule has 1 N–H and O–H groups in total. The molecule has 20 heavy (non-hydrogen) atoms. The molecule has 0 aliphatic carbocycles. The Morgan fingerprint density at radius 2 is 2.05 bits per heavy atom. The first kappa shape index (κ1) is 14.8. The summed E-state index contributed by atoms with van der Waals surface area (Å²) in [7, 11) is 3.25. The van der Waals surface area contributed by atoms with Gasteiger partial charge in [-0.2, -0.15) is 0 Å². The van der Waals surface area contributed by atoms with Gasteiger partial charge in [-0.25, -0.2) is 0 Å². The van der Waals surface area contributed by atoms with Crippen LogP contribution in [0.3, 0.4) is 0 Å². The number of nitrogens with zero attached hydrogens (tertiary/aromatic N) is 1. The van der Waals surface area contributed by atoms with E-state index in [-0.39, 0.29) is 18.2 Å². The van der Waals surface area contributed by atoms with Crippen LogP contribution in [-0.4, -0.2) is 37.4 Å². The van der Waals surface area contributed by atoms with Crippen LogP contribution >= 0.6 is 22.9 Å². The van der Waals surface area contributed by atoms with E-state index in [4.69, 9.17) is 11.6 Å². The van der Waals surface area contributed by atoms with E-state index in [0.717, 1.165) is 10.1 Å². The van der Waals surface area contributed by atoms with Gasteiger partial charge < -0.3 is 10.2 Å². The second-order valence-corrected chi connectivity index (χ2v) is 5.82. The highest BCUT2D eigenvalue weighted by atomic mass is 35.5. The van der Waals surface area contributed by atoms with Crippen molar-refractivity contribution in [3.8, 4) is 0 Å². The zero-order chi connectivity index (χ0) is 14.7. The van der Waals surface area contributed by atoms with E-state index in [1.165, 1.54) is 16.2 Å². The third-order valence-electron chi connectivity index (χ3n) is 3.03. The summed E-state index contributed by atoms with van der Waals surface area (Å²) in [6.07, 6.45) is 0.279. The molecule has 0 saturated carbocycles. The van der Waals surface area contributed by atoms with Crippen LogP contribution in [0.4, 0.5) is 0 Å². The van der Waals surface area contributed by atoms with Crippen LogP contribution in [0, 0.1) is 0 Å². The zero-order valence-electron chi connectivity index (χ0n) is 11.3. The topological polar surface area (TPSA) is 49.4 Å². The first-order chi connectivity index (χ1) is 9.54. The number of carbonyl (C=O) groups excluding carboxylic acids is 2. The van der Waals surface area contributed by atoms with E-state index in [1.807, 2.05) is 24.3 Å². The SMILES string of the molecule is CNC(=O)CCN(C)C(=O)c1sc2ccccc2c1Cl. The smallest absolute Gasteiger partial charge is 0.265 e. The molecule has 0 spiro atoms. The molecule has 0 unspecified atom stereocenters. The highest BCUT2D eigenvalue weighted by Gasteiger charge is 2.20. The fourth-order valence-corrected chi connectivity index (χ4v) is 3.33. The van der Waals surface area contributed by atoms with E-state index in [0.29, 0.717) is 16.4 Å². The van der Waals surface area contributed by atoms with Crippen molar-refractivity contribution in [1.29, 1.82) is 0 Å². The Morgan fingerprint density at radius 1 is 1.35 bits per heavy atom. The van der Waals surface area contributed by atoms with Crippen molar-refractivity contribution in [2.24, 2.45) is 0 Å². The molecule has 0 saturated heterocycles. The number of thiophene rings is 1. The van der Waals surface area contributed by atoms with Crippen molar-refractivity contribution in [1.82, 2.24) is 10.2 Å². The molecule has 1 aromatic carbocycles. The van der Waals surface area contributed by atoms with Crippen LogP contribution in [0.15, 0.2) is 24.3 Å². The highest BCUT2D eigenvalue weighted by Crippen LogP contribution is 2.35. The lowest BCUT2D eigenvalue weighted by Gasteiger charge is -2.15. The van der Waals surface area contributed by atoms with E-state index < -0.39 is 0 Å². The van der Waals surface area contributed by atoms with Crippen molar-refractivity contribution in [2.75, 3.05) is 20.6 Å². The van der Waals surface area contributed by atoms with Gasteiger partial charge in [0.2, 0.25) is 5.91 Å². The number of amides is 2. The lowest BCUT2D eigenvalue weighted by molar-refractivity contribution is -0.120. The quantitative estimate of drug-likeness (QED) is 0.944. The maximum atomic E-state index is 12.4. The normalized spacial score (nSPS) is 10.6. The van der Waals surface area contributed by atoms with E-state index in [2.05, 4.69) is 5.32 Å². The summed E-state index contributed by atoms with van der Waals surface area (Å²) in [5.74, 6) is -0.243. The largest absolute Gasteiger partial charge is 0.359 e. The van der Waals surface area contributed by atoms with Gasteiger partial charge in [0.25, 0.3) is 5.91 Å². The van der Waals surface area contributed by atoms with Crippen molar-refractivity contribution >= 4 is 44.8 Å². The predicted octanol–water partition coefficient (Wildman–Crippen LogP) is 2.76. The van der Waals surface area contributed by atoms with Gasteiger partial charge >= 0.3 is 0 Å². The van der Waals surface area contributed by atoms with Gasteiger partial charge in [-0.3, -0.25) is 9.59 Å². The Morgan fingerprint density at radius 3 is 2.70 bits per heavy atom. The maximum absolute atomic E-state index is 12.4. The number of hydrogen-bond donors (Lipinski definition) is 1.